The van der Waals surface area contributed by atoms with Crippen molar-refractivity contribution in [3.63, 3.8) is 0 Å². The van der Waals surface area contributed by atoms with E-state index in [1.807, 2.05) is 24.3 Å². The molecule has 1 aromatic rings. The van der Waals surface area contributed by atoms with E-state index in [4.69, 9.17) is 16.7 Å². The normalized spacial score (nSPS) is 14.2. The molecule has 0 fully saturated rings. The molecule has 0 aliphatic heterocycles. The fraction of sp³-hybridized carbons (Fsp3) is 0.500. The van der Waals surface area contributed by atoms with Gasteiger partial charge in [-0.05, 0) is 37.5 Å². The molecule has 18 heavy (non-hydrogen) atoms. The van der Waals surface area contributed by atoms with Crippen LogP contribution in [0.15, 0.2) is 24.3 Å². The largest absolute Gasteiger partial charge is 0.481 e. The molecule has 0 saturated carbocycles. The Balaban J connectivity index is 2.65. The first kappa shape index (κ1) is 15.0. The number of hydrogen-bond donors (Lipinski definition) is 2. The number of nitrogens with one attached hydrogen (secondary N) is 1. The third-order valence-corrected chi connectivity index (χ3v) is 3.20. The van der Waals surface area contributed by atoms with Gasteiger partial charge in [-0.3, -0.25) is 4.79 Å². The Morgan fingerprint density at radius 1 is 1.39 bits per heavy atom. The summed E-state index contributed by atoms with van der Waals surface area (Å²) in [7, 11) is 0. The van der Waals surface area contributed by atoms with Gasteiger partial charge in [0.2, 0.25) is 0 Å². The smallest absolute Gasteiger partial charge is 0.304 e. The van der Waals surface area contributed by atoms with E-state index in [9.17, 15) is 4.79 Å². The highest BCUT2D eigenvalue weighted by Gasteiger charge is 2.15. The lowest BCUT2D eigenvalue weighted by Gasteiger charge is -2.21. The first-order valence-electron chi connectivity index (χ1n) is 6.23. The number of benzene rings is 1. The highest BCUT2D eigenvalue weighted by atomic mass is 35.5. The molecule has 0 heterocycles. The van der Waals surface area contributed by atoms with Gasteiger partial charge < -0.3 is 10.4 Å². The topological polar surface area (TPSA) is 49.3 Å². The summed E-state index contributed by atoms with van der Waals surface area (Å²) in [5.41, 5.74) is 1.10. The van der Waals surface area contributed by atoms with E-state index in [1.165, 1.54) is 0 Å². The van der Waals surface area contributed by atoms with Crippen LogP contribution in [0.1, 0.15) is 32.3 Å². The van der Waals surface area contributed by atoms with Crippen LogP contribution in [0.4, 0.5) is 0 Å². The molecule has 2 unspecified atom stereocenters. The zero-order chi connectivity index (χ0) is 13.5. The zero-order valence-corrected chi connectivity index (χ0v) is 11.6. The molecule has 1 rings (SSSR count). The van der Waals surface area contributed by atoms with Crippen molar-refractivity contribution in [2.24, 2.45) is 0 Å². The van der Waals surface area contributed by atoms with Crippen molar-refractivity contribution in [2.45, 2.75) is 45.2 Å². The number of hydrogen-bond acceptors (Lipinski definition) is 2. The first-order chi connectivity index (χ1) is 8.51. The van der Waals surface area contributed by atoms with Crippen molar-refractivity contribution < 1.29 is 9.90 Å². The maximum Gasteiger partial charge on any atom is 0.304 e. The Kier molecular flexibility index (Phi) is 6.16. The average molecular weight is 270 g/mol. The van der Waals surface area contributed by atoms with Gasteiger partial charge in [0, 0.05) is 17.1 Å². The van der Waals surface area contributed by atoms with Gasteiger partial charge in [0.05, 0.1) is 6.42 Å². The maximum atomic E-state index is 10.9. The SMILES string of the molecule is CCC(C)NC(CC(=O)O)Cc1ccc(Cl)cc1. The van der Waals surface area contributed by atoms with Gasteiger partial charge in [0.15, 0.2) is 0 Å². The highest BCUT2D eigenvalue weighted by molar-refractivity contribution is 6.30. The molecule has 0 saturated heterocycles. The van der Waals surface area contributed by atoms with Crippen molar-refractivity contribution in [3.8, 4) is 0 Å². The molecule has 0 bridgehead atoms. The van der Waals surface area contributed by atoms with Crippen LogP contribution < -0.4 is 5.32 Å². The van der Waals surface area contributed by atoms with Crippen LogP contribution in [0.5, 0.6) is 0 Å². The predicted molar refractivity (Wildman–Crippen MR) is 74.1 cm³/mol. The maximum absolute atomic E-state index is 10.9. The molecule has 2 atom stereocenters. The van der Waals surface area contributed by atoms with Crippen LogP contribution in [0.3, 0.4) is 0 Å². The summed E-state index contributed by atoms with van der Waals surface area (Å²) in [6, 6.07) is 7.82. The van der Waals surface area contributed by atoms with Gasteiger partial charge >= 0.3 is 5.97 Å². The van der Waals surface area contributed by atoms with Gasteiger partial charge in [-0.25, -0.2) is 0 Å². The van der Waals surface area contributed by atoms with Gasteiger partial charge in [0.25, 0.3) is 0 Å². The Morgan fingerprint density at radius 3 is 2.50 bits per heavy atom. The van der Waals surface area contributed by atoms with Gasteiger partial charge in [-0.1, -0.05) is 30.7 Å². The summed E-state index contributed by atoms with van der Waals surface area (Å²) in [6.45, 7) is 4.15. The molecule has 0 spiro atoms. The fourth-order valence-corrected chi connectivity index (χ4v) is 1.95. The van der Waals surface area contributed by atoms with E-state index in [2.05, 4.69) is 19.2 Å². The van der Waals surface area contributed by atoms with Gasteiger partial charge in [-0.2, -0.15) is 0 Å². The lowest BCUT2D eigenvalue weighted by Crippen LogP contribution is -2.39. The monoisotopic (exact) mass is 269 g/mol. The summed E-state index contributed by atoms with van der Waals surface area (Å²) in [6.07, 6.45) is 1.82. The molecule has 2 N–H and O–H groups in total. The number of carbonyl (C=O) groups is 1. The summed E-state index contributed by atoms with van der Waals surface area (Å²) in [4.78, 5) is 10.9. The number of halogens is 1. The summed E-state index contributed by atoms with van der Waals surface area (Å²) in [5.74, 6) is -0.773. The van der Waals surface area contributed by atoms with Crippen LogP contribution in [0.2, 0.25) is 5.02 Å². The minimum Gasteiger partial charge on any atom is -0.481 e. The third-order valence-electron chi connectivity index (χ3n) is 2.95. The molecular formula is C14H20ClNO2. The Bertz CT molecular complexity index is 378. The molecule has 0 aliphatic carbocycles. The molecule has 1 aromatic carbocycles. The Hall–Kier alpha value is -1.06. The van der Waals surface area contributed by atoms with E-state index in [-0.39, 0.29) is 12.5 Å². The molecular weight excluding hydrogens is 250 g/mol. The fourth-order valence-electron chi connectivity index (χ4n) is 1.83. The average Bonchev–Trinajstić information content (AvgIpc) is 2.31. The van der Waals surface area contributed by atoms with Gasteiger partial charge in [-0.15, -0.1) is 0 Å². The summed E-state index contributed by atoms with van der Waals surface area (Å²) < 4.78 is 0. The number of aliphatic carboxylic acids is 1. The van der Waals surface area contributed by atoms with Crippen LogP contribution >= 0.6 is 11.6 Å². The van der Waals surface area contributed by atoms with E-state index in [0.717, 1.165) is 12.0 Å². The van der Waals surface area contributed by atoms with E-state index in [1.54, 1.807) is 0 Å². The summed E-state index contributed by atoms with van der Waals surface area (Å²) in [5, 5.41) is 13.0. The molecule has 3 nitrogen and oxygen atoms in total. The van der Waals surface area contributed by atoms with Crippen LogP contribution in [0, 0.1) is 0 Å². The van der Waals surface area contributed by atoms with Gasteiger partial charge in [0.1, 0.15) is 0 Å². The molecule has 0 aromatic heterocycles. The summed E-state index contributed by atoms with van der Waals surface area (Å²) >= 11 is 5.83. The van der Waals surface area contributed by atoms with Crippen molar-refractivity contribution in [1.29, 1.82) is 0 Å². The Labute approximate surface area is 113 Å². The second-order valence-corrected chi connectivity index (χ2v) is 5.04. The quantitative estimate of drug-likeness (QED) is 0.800. The van der Waals surface area contributed by atoms with E-state index in [0.29, 0.717) is 17.5 Å². The van der Waals surface area contributed by atoms with Crippen molar-refractivity contribution >= 4 is 17.6 Å². The minimum atomic E-state index is -0.773. The zero-order valence-electron chi connectivity index (χ0n) is 10.8. The third kappa shape index (κ3) is 5.52. The highest BCUT2D eigenvalue weighted by Crippen LogP contribution is 2.12. The van der Waals surface area contributed by atoms with Crippen molar-refractivity contribution in [2.75, 3.05) is 0 Å². The second kappa shape index (κ2) is 7.39. The van der Waals surface area contributed by atoms with E-state index >= 15 is 0 Å². The van der Waals surface area contributed by atoms with Crippen LogP contribution in [-0.4, -0.2) is 23.2 Å². The first-order valence-corrected chi connectivity index (χ1v) is 6.61. The number of carboxylic acid groups (broad SMARTS) is 1. The molecule has 0 radical (unpaired) electrons. The predicted octanol–water partition coefficient (Wildman–Crippen LogP) is 3.11. The lowest BCUT2D eigenvalue weighted by molar-refractivity contribution is -0.137. The Morgan fingerprint density at radius 2 is 2.00 bits per heavy atom. The molecule has 100 valence electrons. The molecule has 0 aliphatic rings. The standard InChI is InChI=1S/C14H20ClNO2/c1-3-10(2)16-13(9-14(17)18)8-11-4-6-12(15)7-5-11/h4-7,10,13,16H,3,8-9H2,1-2H3,(H,17,18). The van der Waals surface area contributed by atoms with Crippen molar-refractivity contribution in [3.05, 3.63) is 34.9 Å². The van der Waals surface area contributed by atoms with Crippen LogP contribution in [-0.2, 0) is 11.2 Å². The number of rotatable bonds is 7. The second-order valence-electron chi connectivity index (χ2n) is 4.60. The number of carboxylic acids is 1. The molecule has 0 amide bonds. The van der Waals surface area contributed by atoms with Crippen LogP contribution in [0.25, 0.3) is 0 Å². The van der Waals surface area contributed by atoms with E-state index < -0.39 is 5.97 Å². The van der Waals surface area contributed by atoms with Crippen molar-refractivity contribution in [1.82, 2.24) is 5.32 Å². The minimum absolute atomic E-state index is 0.0429. The molecule has 4 heteroatoms. The lowest BCUT2D eigenvalue weighted by atomic mass is 10.0.